The first-order valence-corrected chi connectivity index (χ1v) is 9.23. The summed E-state index contributed by atoms with van der Waals surface area (Å²) in [5.41, 5.74) is 2.27. The van der Waals surface area contributed by atoms with E-state index < -0.39 is 11.9 Å². The number of benzene rings is 2. The molecule has 0 aliphatic carbocycles. The number of nitrogens with zero attached hydrogens (tertiary/aromatic N) is 1. The molecular formula is C22H25NO3. The first-order chi connectivity index (χ1) is 12.6. The predicted octanol–water partition coefficient (Wildman–Crippen LogP) is 3.41. The van der Waals surface area contributed by atoms with Crippen LogP contribution in [0.3, 0.4) is 0 Å². The molecule has 1 atom stereocenters. The molecule has 1 saturated heterocycles. The molecule has 1 aliphatic heterocycles. The second-order valence-electron chi connectivity index (χ2n) is 7.04. The Kier molecular flexibility index (Phi) is 6.05. The second-order valence-corrected chi connectivity index (χ2v) is 7.04. The van der Waals surface area contributed by atoms with Crippen molar-refractivity contribution in [2.24, 2.45) is 11.8 Å². The number of likely N-dealkylation sites (tertiary alicyclic amines) is 1. The molecule has 26 heavy (non-hydrogen) atoms. The number of carbonyl (C=O) groups is 2. The Balaban J connectivity index is 1.77. The van der Waals surface area contributed by atoms with Crippen LogP contribution in [0.4, 0.5) is 0 Å². The van der Waals surface area contributed by atoms with Crippen LogP contribution in [-0.2, 0) is 22.4 Å². The summed E-state index contributed by atoms with van der Waals surface area (Å²) >= 11 is 0. The molecule has 0 bridgehead atoms. The molecule has 1 fully saturated rings. The van der Waals surface area contributed by atoms with Crippen LogP contribution in [0.25, 0.3) is 0 Å². The maximum atomic E-state index is 13.2. The van der Waals surface area contributed by atoms with E-state index in [-0.39, 0.29) is 11.8 Å². The molecule has 0 spiro atoms. The number of rotatable bonds is 6. The Labute approximate surface area is 154 Å². The zero-order chi connectivity index (χ0) is 18.4. The SMILES string of the molecule is O=C(O)[C@H]1CCCN(C(=O)C(Cc2ccccc2)Cc2ccccc2)C1. The Morgan fingerprint density at radius 1 is 0.962 bits per heavy atom. The lowest BCUT2D eigenvalue weighted by Crippen LogP contribution is -2.45. The van der Waals surface area contributed by atoms with E-state index in [9.17, 15) is 14.7 Å². The number of carbonyl (C=O) groups excluding carboxylic acids is 1. The van der Waals surface area contributed by atoms with Gasteiger partial charge in [-0.05, 0) is 36.8 Å². The number of carboxylic acids is 1. The van der Waals surface area contributed by atoms with Gasteiger partial charge in [0.25, 0.3) is 0 Å². The van der Waals surface area contributed by atoms with Gasteiger partial charge in [0.2, 0.25) is 5.91 Å². The highest BCUT2D eigenvalue weighted by Gasteiger charge is 2.31. The number of hydrogen-bond acceptors (Lipinski definition) is 2. The van der Waals surface area contributed by atoms with Crippen molar-refractivity contribution in [2.45, 2.75) is 25.7 Å². The number of hydrogen-bond donors (Lipinski definition) is 1. The van der Waals surface area contributed by atoms with Crippen molar-refractivity contribution >= 4 is 11.9 Å². The standard InChI is InChI=1S/C22H25NO3/c24-21(23-13-7-12-19(16-23)22(25)26)20(14-17-8-3-1-4-9-17)15-18-10-5-2-6-11-18/h1-6,8-11,19-20H,7,12-16H2,(H,25,26)/t19-/m0/s1. The lowest BCUT2D eigenvalue weighted by molar-refractivity contribution is -0.146. The van der Waals surface area contributed by atoms with Gasteiger partial charge in [-0.2, -0.15) is 0 Å². The maximum absolute atomic E-state index is 13.2. The average molecular weight is 351 g/mol. The van der Waals surface area contributed by atoms with Gasteiger partial charge in [-0.3, -0.25) is 9.59 Å². The summed E-state index contributed by atoms with van der Waals surface area (Å²) in [7, 11) is 0. The third-order valence-electron chi connectivity index (χ3n) is 5.08. The van der Waals surface area contributed by atoms with Crippen molar-refractivity contribution in [1.82, 2.24) is 4.90 Å². The first-order valence-electron chi connectivity index (χ1n) is 9.23. The molecule has 1 amide bonds. The Morgan fingerprint density at radius 2 is 1.50 bits per heavy atom. The summed E-state index contributed by atoms with van der Waals surface area (Å²) in [4.78, 5) is 26.3. The van der Waals surface area contributed by atoms with Crippen LogP contribution in [0.1, 0.15) is 24.0 Å². The van der Waals surface area contributed by atoms with Crippen LogP contribution in [0.15, 0.2) is 60.7 Å². The van der Waals surface area contributed by atoms with E-state index >= 15 is 0 Å². The lowest BCUT2D eigenvalue weighted by Gasteiger charge is -2.33. The van der Waals surface area contributed by atoms with Crippen LogP contribution in [0.2, 0.25) is 0 Å². The van der Waals surface area contributed by atoms with Crippen LogP contribution in [0.5, 0.6) is 0 Å². The fourth-order valence-corrected chi connectivity index (χ4v) is 3.68. The van der Waals surface area contributed by atoms with E-state index in [1.165, 1.54) is 0 Å². The van der Waals surface area contributed by atoms with Gasteiger partial charge in [0, 0.05) is 19.0 Å². The summed E-state index contributed by atoms with van der Waals surface area (Å²) in [5.74, 6) is -1.34. The molecule has 0 radical (unpaired) electrons. The van der Waals surface area contributed by atoms with Crippen LogP contribution < -0.4 is 0 Å². The van der Waals surface area contributed by atoms with Crippen LogP contribution in [-0.4, -0.2) is 35.0 Å². The smallest absolute Gasteiger partial charge is 0.308 e. The molecule has 2 aromatic rings. The van der Waals surface area contributed by atoms with Gasteiger partial charge in [0.05, 0.1) is 5.92 Å². The molecule has 1 N–H and O–H groups in total. The van der Waals surface area contributed by atoms with Crippen molar-refractivity contribution in [2.75, 3.05) is 13.1 Å². The van der Waals surface area contributed by atoms with E-state index in [1.54, 1.807) is 4.90 Å². The third-order valence-corrected chi connectivity index (χ3v) is 5.08. The highest BCUT2D eigenvalue weighted by atomic mass is 16.4. The Morgan fingerprint density at radius 3 is 2.00 bits per heavy atom. The van der Waals surface area contributed by atoms with Crippen molar-refractivity contribution in [3.8, 4) is 0 Å². The average Bonchev–Trinajstić information content (AvgIpc) is 2.68. The molecule has 4 heteroatoms. The van der Waals surface area contributed by atoms with E-state index in [0.717, 1.165) is 17.5 Å². The Bertz CT molecular complexity index is 688. The molecular weight excluding hydrogens is 326 g/mol. The summed E-state index contributed by atoms with van der Waals surface area (Å²) in [5, 5.41) is 9.31. The summed E-state index contributed by atoms with van der Waals surface area (Å²) in [6.45, 7) is 0.983. The zero-order valence-electron chi connectivity index (χ0n) is 14.9. The third kappa shape index (κ3) is 4.72. The fraction of sp³-hybridized carbons (Fsp3) is 0.364. The quantitative estimate of drug-likeness (QED) is 0.868. The molecule has 1 heterocycles. The van der Waals surface area contributed by atoms with Crippen molar-refractivity contribution in [1.29, 1.82) is 0 Å². The topological polar surface area (TPSA) is 57.6 Å². The van der Waals surface area contributed by atoms with Gasteiger partial charge in [-0.15, -0.1) is 0 Å². The first kappa shape index (κ1) is 18.2. The number of piperidine rings is 1. The molecule has 2 aromatic carbocycles. The fourth-order valence-electron chi connectivity index (χ4n) is 3.68. The van der Waals surface area contributed by atoms with E-state index in [4.69, 9.17) is 0 Å². The second kappa shape index (κ2) is 8.65. The molecule has 0 saturated carbocycles. The minimum absolute atomic E-state index is 0.0728. The number of amides is 1. The van der Waals surface area contributed by atoms with Gasteiger partial charge >= 0.3 is 5.97 Å². The predicted molar refractivity (Wildman–Crippen MR) is 101 cm³/mol. The maximum Gasteiger partial charge on any atom is 0.308 e. The Hall–Kier alpha value is -2.62. The lowest BCUT2D eigenvalue weighted by atomic mass is 9.89. The number of carboxylic acid groups (broad SMARTS) is 1. The summed E-state index contributed by atoms with van der Waals surface area (Å²) in [6, 6.07) is 20.1. The normalized spacial score (nSPS) is 17.3. The molecule has 1 aliphatic rings. The zero-order valence-corrected chi connectivity index (χ0v) is 14.9. The summed E-state index contributed by atoms with van der Waals surface area (Å²) in [6.07, 6.45) is 2.75. The van der Waals surface area contributed by atoms with E-state index in [2.05, 4.69) is 0 Å². The largest absolute Gasteiger partial charge is 0.481 e. The summed E-state index contributed by atoms with van der Waals surface area (Å²) < 4.78 is 0. The van der Waals surface area contributed by atoms with Gasteiger partial charge in [0.15, 0.2) is 0 Å². The minimum atomic E-state index is -0.801. The van der Waals surface area contributed by atoms with Gasteiger partial charge in [-0.25, -0.2) is 0 Å². The van der Waals surface area contributed by atoms with Crippen LogP contribution >= 0.6 is 0 Å². The van der Waals surface area contributed by atoms with Crippen molar-refractivity contribution < 1.29 is 14.7 Å². The van der Waals surface area contributed by atoms with Crippen molar-refractivity contribution in [3.05, 3.63) is 71.8 Å². The number of aliphatic carboxylic acids is 1. The molecule has 4 nitrogen and oxygen atoms in total. The minimum Gasteiger partial charge on any atom is -0.481 e. The van der Waals surface area contributed by atoms with Gasteiger partial charge < -0.3 is 10.0 Å². The van der Waals surface area contributed by atoms with Crippen molar-refractivity contribution in [3.63, 3.8) is 0 Å². The van der Waals surface area contributed by atoms with Crippen LogP contribution in [0, 0.1) is 11.8 Å². The van der Waals surface area contributed by atoms with E-state index in [1.807, 2.05) is 60.7 Å². The highest BCUT2D eigenvalue weighted by Crippen LogP contribution is 2.22. The molecule has 0 unspecified atom stereocenters. The molecule has 0 aromatic heterocycles. The van der Waals surface area contributed by atoms with Gasteiger partial charge in [-0.1, -0.05) is 60.7 Å². The molecule has 3 rings (SSSR count). The van der Waals surface area contributed by atoms with Gasteiger partial charge in [0.1, 0.15) is 0 Å². The highest BCUT2D eigenvalue weighted by molar-refractivity contribution is 5.80. The monoisotopic (exact) mass is 351 g/mol. The van der Waals surface area contributed by atoms with E-state index in [0.29, 0.717) is 32.4 Å². The molecule has 136 valence electrons.